The van der Waals surface area contributed by atoms with Gasteiger partial charge in [-0.3, -0.25) is 9.69 Å². The van der Waals surface area contributed by atoms with Gasteiger partial charge in [0.05, 0.1) is 22.7 Å². The van der Waals surface area contributed by atoms with E-state index in [1.54, 1.807) is 29.2 Å². The van der Waals surface area contributed by atoms with Crippen molar-refractivity contribution >= 4 is 40.6 Å². The van der Waals surface area contributed by atoms with Crippen LogP contribution in [0.25, 0.3) is 11.8 Å². The van der Waals surface area contributed by atoms with E-state index in [0.717, 1.165) is 33.9 Å². The Hall–Kier alpha value is -4.36. The maximum atomic E-state index is 13.7. The van der Waals surface area contributed by atoms with Crippen LogP contribution in [0.15, 0.2) is 94.8 Å². The number of aromatic carboxylic acids is 1. The first-order valence-corrected chi connectivity index (χ1v) is 14.3. The minimum Gasteiger partial charge on any atom is -0.478 e. The molecule has 1 fully saturated rings. The summed E-state index contributed by atoms with van der Waals surface area (Å²) in [6, 6.07) is 26.9. The smallest absolute Gasteiger partial charge is 0.335 e. The van der Waals surface area contributed by atoms with Crippen molar-refractivity contribution in [1.82, 2.24) is 9.47 Å². The molecule has 0 saturated carbocycles. The van der Waals surface area contributed by atoms with Crippen molar-refractivity contribution in [2.24, 2.45) is 4.99 Å². The number of amidine groups is 1. The highest BCUT2D eigenvalue weighted by Crippen LogP contribution is 2.36. The van der Waals surface area contributed by atoms with Crippen LogP contribution in [-0.2, 0) is 16.8 Å². The predicted octanol–water partition coefficient (Wildman–Crippen LogP) is 7.89. The molecule has 0 unspecified atom stereocenters. The molecule has 0 radical (unpaired) electrons. The molecule has 7 heteroatoms. The number of rotatable bonds is 6. The number of para-hydroxylation sites is 1. The Labute approximate surface area is 245 Å². The molecule has 4 aromatic rings. The number of thioether (sulfide) groups is 1. The van der Waals surface area contributed by atoms with E-state index >= 15 is 0 Å². The summed E-state index contributed by atoms with van der Waals surface area (Å²) in [6.07, 6.45) is 1.95. The number of aliphatic imine (C=N–C) groups is 1. The molecule has 6 nitrogen and oxygen atoms in total. The molecule has 1 aliphatic rings. The monoisotopic (exact) mass is 563 g/mol. The number of carboxylic acids is 1. The zero-order chi connectivity index (χ0) is 29.3. The van der Waals surface area contributed by atoms with Crippen molar-refractivity contribution in [3.63, 3.8) is 0 Å². The number of benzene rings is 3. The second kappa shape index (κ2) is 11.3. The van der Waals surface area contributed by atoms with Gasteiger partial charge in [0.15, 0.2) is 5.17 Å². The van der Waals surface area contributed by atoms with Crippen LogP contribution >= 0.6 is 11.8 Å². The molecule has 3 aromatic carbocycles. The molecule has 1 aromatic heterocycles. The minimum atomic E-state index is -0.983. The van der Waals surface area contributed by atoms with Gasteiger partial charge in [-0.15, -0.1) is 0 Å². The zero-order valence-corrected chi connectivity index (χ0v) is 24.7. The van der Waals surface area contributed by atoms with E-state index in [9.17, 15) is 14.7 Å². The topological polar surface area (TPSA) is 74.9 Å². The average Bonchev–Trinajstić information content (AvgIpc) is 3.38. The third-order valence-electron chi connectivity index (χ3n) is 7.16. The van der Waals surface area contributed by atoms with Crippen molar-refractivity contribution in [2.75, 3.05) is 0 Å². The second-order valence-corrected chi connectivity index (χ2v) is 12.2. The number of carbonyl (C=O) groups is 2. The molecule has 1 amide bonds. The fourth-order valence-corrected chi connectivity index (χ4v) is 5.85. The number of amides is 1. The number of aryl methyl sites for hydroxylation is 1. The maximum Gasteiger partial charge on any atom is 0.335 e. The van der Waals surface area contributed by atoms with Gasteiger partial charge in [0, 0.05) is 17.1 Å². The van der Waals surface area contributed by atoms with E-state index in [-0.39, 0.29) is 23.4 Å². The van der Waals surface area contributed by atoms with Gasteiger partial charge >= 0.3 is 5.97 Å². The Kier molecular flexibility index (Phi) is 7.74. The molecule has 208 valence electrons. The molecule has 1 N–H and O–H groups in total. The molecular weight excluding hydrogens is 530 g/mol. The third kappa shape index (κ3) is 6.05. The van der Waals surface area contributed by atoms with Crippen molar-refractivity contribution in [2.45, 2.75) is 46.6 Å². The molecule has 1 saturated heterocycles. The van der Waals surface area contributed by atoms with Crippen molar-refractivity contribution in [3.8, 4) is 5.69 Å². The molecule has 41 heavy (non-hydrogen) atoms. The fraction of sp³-hybridized carbons (Fsp3) is 0.206. The Morgan fingerprint density at radius 1 is 0.951 bits per heavy atom. The third-order valence-corrected chi connectivity index (χ3v) is 8.17. The first-order chi connectivity index (χ1) is 19.5. The van der Waals surface area contributed by atoms with Gasteiger partial charge in [-0.25, -0.2) is 9.79 Å². The number of nitrogens with zero attached hydrogens (tertiary/aromatic N) is 3. The minimum absolute atomic E-state index is 0.0815. The highest BCUT2D eigenvalue weighted by Gasteiger charge is 2.34. The van der Waals surface area contributed by atoms with Gasteiger partial charge in [-0.1, -0.05) is 63.2 Å². The summed E-state index contributed by atoms with van der Waals surface area (Å²) in [5.74, 6) is -1.12. The molecular formula is C34H33N3O3S. The molecule has 0 aliphatic carbocycles. The Bertz CT molecular complexity index is 1660. The number of hydrogen-bond acceptors (Lipinski definition) is 4. The number of carboxylic acid groups (broad SMARTS) is 1. The van der Waals surface area contributed by atoms with Crippen molar-refractivity contribution in [3.05, 3.63) is 123 Å². The molecule has 2 heterocycles. The Morgan fingerprint density at radius 3 is 2.22 bits per heavy atom. The quantitative estimate of drug-likeness (QED) is 0.242. The van der Waals surface area contributed by atoms with Crippen LogP contribution in [0, 0.1) is 13.8 Å². The summed E-state index contributed by atoms with van der Waals surface area (Å²) in [5, 5.41) is 9.83. The van der Waals surface area contributed by atoms with Gasteiger partial charge in [0.2, 0.25) is 0 Å². The van der Waals surface area contributed by atoms with Crippen molar-refractivity contribution < 1.29 is 14.7 Å². The molecule has 0 bridgehead atoms. The highest BCUT2D eigenvalue weighted by atomic mass is 32.2. The molecule has 0 spiro atoms. The largest absolute Gasteiger partial charge is 0.478 e. The first kappa shape index (κ1) is 28.2. The number of hydrogen-bond donors (Lipinski definition) is 1. The van der Waals surface area contributed by atoms with Gasteiger partial charge in [0.25, 0.3) is 5.91 Å². The van der Waals surface area contributed by atoms with Crippen LogP contribution < -0.4 is 0 Å². The maximum absolute atomic E-state index is 13.7. The zero-order valence-electron chi connectivity index (χ0n) is 23.9. The van der Waals surface area contributed by atoms with E-state index < -0.39 is 5.97 Å². The molecule has 5 rings (SSSR count). The van der Waals surface area contributed by atoms with Gasteiger partial charge in [-0.2, -0.15) is 0 Å². The Balaban J connectivity index is 1.49. The highest BCUT2D eigenvalue weighted by molar-refractivity contribution is 8.18. The summed E-state index contributed by atoms with van der Waals surface area (Å²) in [5.41, 5.74) is 7.34. The van der Waals surface area contributed by atoms with Crippen LogP contribution in [0.4, 0.5) is 5.69 Å². The van der Waals surface area contributed by atoms with E-state index in [1.807, 2.05) is 36.4 Å². The van der Waals surface area contributed by atoms with Crippen LogP contribution in [0.3, 0.4) is 0 Å². The van der Waals surface area contributed by atoms with E-state index in [0.29, 0.717) is 10.1 Å². The number of carbonyl (C=O) groups excluding carboxylic acids is 1. The summed E-state index contributed by atoms with van der Waals surface area (Å²) >= 11 is 1.35. The summed E-state index contributed by atoms with van der Waals surface area (Å²) < 4.78 is 2.21. The standard InChI is InChI=1S/C34H33N3O3S/c1-22-19-26(23(2)37(22)29-17-15-27(16-18-29)34(3,4)5)20-30-31(38)36(21-24-11-13-25(14-12-24)32(39)40)33(41-30)35-28-9-7-6-8-10-28/h6-20H,21H2,1-5H3,(H,39,40)/b30-20-,35-33?. The van der Waals surface area contributed by atoms with Crippen LogP contribution in [-0.4, -0.2) is 31.6 Å². The summed E-state index contributed by atoms with van der Waals surface area (Å²) in [6.45, 7) is 11.1. The SMILES string of the molecule is Cc1cc(/C=C2\SC(=Nc3ccccc3)N(Cc3ccc(C(=O)O)cc3)C2=O)c(C)n1-c1ccc(C(C)(C)C)cc1. The van der Waals surface area contributed by atoms with Crippen LogP contribution in [0.1, 0.15) is 59.2 Å². The van der Waals surface area contributed by atoms with Gasteiger partial charge in [0.1, 0.15) is 0 Å². The van der Waals surface area contributed by atoms with Gasteiger partial charge in [-0.05, 0) is 96.3 Å². The summed E-state index contributed by atoms with van der Waals surface area (Å²) in [7, 11) is 0. The van der Waals surface area contributed by atoms with Crippen LogP contribution in [0.2, 0.25) is 0 Å². The second-order valence-electron chi connectivity index (χ2n) is 11.2. The lowest BCUT2D eigenvalue weighted by molar-refractivity contribution is -0.122. The van der Waals surface area contributed by atoms with E-state index in [4.69, 9.17) is 4.99 Å². The van der Waals surface area contributed by atoms with E-state index in [1.165, 1.54) is 17.3 Å². The lowest BCUT2D eigenvalue weighted by atomic mass is 9.87. The molecule has 1 aliphatic heterocycles. The normalized spacial score (nSPS) is 15.7. The average molecular weight is 564 g/mol. The first-order valence-electron chi connectivity index (χ1n) is 13.5. The van der Waals surface area contributed by atoms with Crippen molar-refractivity contribution in [1.29, 1.82) is 0 Å². The number of aromatic nitrogens is 1. The van der Waals surface area contributed by atoms with Gasteiger partial charge < -0.3 is 9.67 Å². The fourth-order valence-electron chi connectivity index (χ4n) is 4.86. The van der Waals surface area contributed by atoms with Crippen LogP contribution in [0.5, 0.6) is 0 Å². The van der Waals surface area contributed by atoms with E-state index in [2.05, 4.69) is 69.5 Å². The lowest BCUT2D eigenvalue weighted by Crippen LogP contribution is -2.28. The Morgan fingerprint density at radius 2 is 1.61 bits per heavy atom. The predicted molar refractivity (Wildman–Crippen MR) is 167 cm³/mol. The molecule has 0 atom stereocenters. The lowest BCUT2D eigenvalue weighted by Gasteiger charge is -2.20. The summed E-state index contributed by atoms with van der Waals surface area (Å²) in [4.78, 5) is 32.1.